The minimum Gasteiger partial charge on any atom is -0.495 e. The topological polar surface area (TPSA) is 317 Å². The molecule has 13 aromatic rings. The van der Waals surface area contributed by atoms with Gasteiger partial charge in [0, 0.05) is 143 Å². The van der Waals surface area contributed by atoms with Crippen LogP contribution >= 0.6 is 11.6 Å². The molecule has 0 radical (unpaired) electrons. The van der Waals surface area contributed by atoms with Crippen LogP contribution in [-0.4, -0.2) is 145 Å². The lowest BCUT2D eigenvalue weighted by Crippen LogP contribution is -2.40. The Labute approximate surface area is 703 Å². The van der Waals surface area contributed by atoms with E-state index in [1.165, 1.54) is 45.5 Å². The van der Waals surface area contributed by atoms with Gasteiger partial charge in [-0.05, 0) is 168 Å². The second-order valence-electron chi connectivity index (χ2n) is 30.9. The molecule has 24 nitrogen and oxygen atoms in total. The molecule has 25 heteroatoms. The van der Waals surface area contributed by atoms with E-state index in [2.05, 4.69) is 85.3 Å². The smallest absolute Gasteiger partial charge is 0.305 e. The van der Waals surface area contributed by atoms with Crippen molar-refractivity contribution in [1.82, 2.24) is 39.5 Å². The van der Waals surface area contributed by atoms with E-state index in [1.54, 1.807) is 7.11 Å². The van der Waals surface area contributed by atoms with E-state index in [0.29, 0.717) is 87.0 Å². The highest BCUT2D eigenvalue weighted by molar-refractivity contribution is 6.32. The largest absolute Gasteiger partial charge is 0.495 e. The fourth-order valence-electron chi connectivity index (χ4n) is 17.9. The number of esters is 1. The number of aliphatic carboxylic acids is 2. The van der Waals surface area contributed by atoms with Gasteiger partial charge in [0.15, 0.2) is 23.0 Å². The third-order valence-corrected chi connectivity index (χ3v) is 24.0. The van der Waals surface area contributed by atoms with Crippen LogP contribution in [-0.2, 0) is 70.4 Å². The molecule has 620 valence electrons. The van der Waals surface area contributed by atoms with Crippen molar-refractivity contribution in [2.24, 2.45) is 0 Å². The van der Waals surface area contributed by atoms with Gasteiger partial charge in [0.25, 0.3) is 0 Å². The van der Waals surface area contributed by atoms with Gasteiger partial charge in [-0.15, -0.1) is 0 Å². The van der Waals surface area contributed by atoms with Crippen molar-refractivity contribution in [2.75, 3.05) is 59.7 Å². The average Bonchev–Trinajstić information content (AvgIpc) is 1.79. The molecule has 19 rings (SSSR count). The van der Waals surface area contributed by atoms with Gasteiger partial charge in [0.1, 0.15) is 5.75 Å². The van der Waals surface area contributed by atoms with Crippen molar-refractivity contribution in [1.29, 1.82) is 0 Å². The molecule has 0 bridgehead atoms. The normalized spacial score (nSPS) is 16.5. The number of carboxylic acid groups (broad SMARTS) is 2. The van der Waals surface area contributed by atoms with E-state index >= 15 is 0 Å². The zero-order chi connectivity index (χ0) is 83.8. The number of amides is 4. The number of hydrogen-bond acceptors (Lipinski definition) is 14. The van der Waals surface area contributed by atoms with Crippen LogP contribution in [0.3, 0.4) is 0 Å². The third-order valence-electron chi connectivity index (χ3n) is 23.7. The number of aryl methyl sites for hydroxylation is 1. The minimum atomic E-state index is -0.891. The van der Waals surface area contributed by atoms with Crippen LogP contribution in [0.15, 0.2) is 206 Å². The number of H-pyrrole nitrogens is 4. The number of nitrogens with one attached hydrogen (secondary N) is 4. The number of nitrogen functional groups attached to an aromatic ring is 1. The van der Waals surface area contributed by atoms with Gasteiger partial charge in [-0.25, -0.2) is 0 Å². The zero-order valence-corrected chi connectivity index (χ0v) is 68.0. The first-order valence-corrected chi connectivity index (χ1v) is 41.4. The van der Waals surface area contributed by atoms with Gasteiger partial charge >= 0.3 is 17.9 Å². The van der Waals surface area contributed by atoms with Crippen molar-refractivity contribution in [3.8, 4) is 28.7 Å². The molecule has 0 spiro atoms. The number of methoxy groups -OCH3 is 2. The first-order chi connectivity index (χ1) is 59.0. The standard InChI is InChI=1S/C27H25N3O3.C23H23ClN2O4.C23H22N2O5.C23H24N2O3/c28-21-7-3-1-5-17(21)10-12-25(31)30-14-13-20-19-6-2-4-8-22(19)29-26(20)27(30)18-9-11-23-24(15-18)33-16-32-23;1-30-19-10-9-14(13-17(19)24)23-22-16(15-5-2-3-6-18(15)25-22)11-12-26(23)20(27)7-4-8-21(28)29;26-20(6-3-7-21(27)28)25-11-10-16-15-4-1-2-5-17(15)24-22(16)23(25)14-8-9-18-19(12-14)30-13-29-18;1-28-21(27)13-7-12-20(26)25-15-14-18-17-10-5-6-11-19(17)24-22(18)23(25)16-8-3-2-4-9-16/h1-9,11,15,27,29H,10,12-14,16,28H2;2-3,5-6,9-10,13,23,25H,4,7-8,11-12H2,1H3,(H,28,29);1-2,4-5,8-9,12,23-24H,3,6-7,10-11,13H2,(H,27,28);2-6,8-11,23-24H,7,12-15H2,1H3. The lowest BCUT2D eigenvalue weighted by molar-refractivity contribution is -0.141. The molecule has 4 amide bonds. The molecule has 4 aromatic heterocycles. The Kier molecular flexibility index (Phi) is 24.4. The fraction of sp³-hybridized carbons (Fsp3) is 0.281. The summed E-state index contributed by atoms with van der Waals surface area (Å²) in [6.07, 6.45) is 6.31. The van der Waals surface area contributed by atoms with Crippen molar-refractivity contribution in [3.05, 3.63) is 284 Å². The number of aromatic amines is 4. The summed E-state index contributed by atoms with van der Waals surface area (Å²) in [6, 6.07) is 67.2. The minimum absolute atomic E-state index is 0.00803. The number of carbonyl (C=O) groups is 7. The molecule has 10 heterocycles. The first kappa shape index (κ1) is 81.3. The second kappa shape index (κ2) is 36.4. The summed E-state index contributed by atoms with van der Waals surface area (Å²) in [4.78, 5) is 108. The highest BCUT2D eigenvalue weighted by atomic mass is 35.5. The molecule has 0 fully saturated rings. The summed E-state index contributed by atoms with van der Waals surface area (Å²) in [5.41, 5.74) is 25.2. The number of nitrogens with two attached hydrogens (primary N) is 1. The zero-order valence-electron chi connectivity index (χ0n) is 67.2. The number of para-hydroxylation sites is 5. The van der Waals surface area contributed by atoms with E-state index < -0.39 is 11.9 Å². The summed E-state index contributed by atoms with van der Waals surface area (Å²) in [5, 5.41) is 23.1. The monoisotopic (exact) mass is 1650 g/mol. The van der Waals surface area contributed by atoms with Crippen LogP contribution in [0.5, 0.6) is 28.7 Å². The van der Waals surface area contributed by atoms with Crippen LogP contribution in [0.2, 0.25) is 5.02 Å². The number of benzene rings is 9. The molecule has 9 aromatic carbocycles. The number of nitrogens with zero attached hydrogens (tertiary/aromatic N) is 4. The van der Waals surface area contributed by atoms with Crippen LogP contribution < -0.4 is 29.4 Å². The summed E-state index contributed by atoms with van der Waals surface area (Å²) in [6.45, 7) is 2.90. The maximum Gasteiger partial charge on any atom is 0.305 e. The average molecular weight is 1650 g/mol. The number of carboxylic acids is 2. The quantitative estimate of drug-likeness (QED) is 0.0275. The number of halogens is 1. The van der Waals surface area contributed by atoms with Gasteiger partial charge in [0.2, 0.25) is 37.2 Å². The van der Waals surface area contributed by atoms with Crippen LogP contribution in [0, 0.1) is 0 Å². The molecule has 4 unspecified atom stereocenters. The highest BCUT2D eigenvalue weighted by Crippen LogP contribution is 2.47. The van der Waals surface area contributed by atoms with Gasteiger partial charge in [-0.3, -0.25) is 33.6 Å². The Bertz CT molecular complexity index is 6040. The first-order valence-electron chi connectivity index (χ1n) is 41.1. The maximum atomic E-state index is 13.5. The van der Waals surface area contributed by atoms with Crippen molar-refractivity contribution >= 4 is 102 Å². The predicted octanol–water partition coefficient (Wildman–Crippen LogP) is 16.8. The molecule has 6 aliphatic rings. The molecular formula is C96H94ClN9O15. The number of ether oxygens (including phenoxy) is 6. The van der Waals surface area contributed by atoms with E-state index in [0.717, 1.165) is 121 Å². The number of fused-ring (bicyclic) bond motifs is 14. The third kappa shape index (κ3) is 17.3. The molecule has 6 aliphatic heterocycles. The van der Waals surface area contributed by atoms with Crippen molar-refractivity contribution in [3.63, 3.8) is 0 Å². The van der Waals surface area contributed by atoms with Crippen LogP contribution in [0.1, 0.15) is 161 Å². The van der Waals surface area contributed by atoms with Crippen LogP contribution in [0.4, 0.5) is 5.69 Å². The van der Waals surface area contributed by atoms with Crippen molar-refractivity contribution < 1.29 is 72.2 Å². The molecule has 0 aliphatic carbocycles. The Balaban J connectivity index is 0.000000120. The maximum absolute atomic E-state index is 13.5. The highest BCUT2D eigenvalue weighted by Gasteiger charge is 2.40. The van der Waals surface area contributed by atoms with E-state index in [1.807, 2.05) is 165 Å². The van der Waals surface area contributed by atoms with Gasteiger partial charge in [-0.1, -0.05) is 151 Å². The van der Waals surface area contributed by atoms with E-state index in [-0.39, 0.29) is 99.5 Å². The van der Waals surface area contributed by atoms with E-state index in [9.17, 15) is 33.6 Å². The number of aromatic nitrogens is 4. The number of anilines is 1. The lowest BCUT2D eigenvalue weighted by Gasteiger charge is -2.36. The second-order valence-corrected chi connectivity index (χ2v) is 31.3. The Morgan fingerprint density at radius 2 is 0.744 bits per heavy atom. The Morgan fingerprint density at radius 3 is 1.13 bits per heavy atom. The summed E-state index contributed by atoms with van der Waals surface area (Å²) < 4.78 is 32.1. The summed E-state index contributed by atoms with van der Waals surface area (Å²) >= 11 is 6.40. The van der Waals surface area contributed by atoms with Gasteiger partial charge in [0.05, 0.1) is 43.4 Å². The number of rotatable bonds is 20. The molecule has 121 heavy (non-hydrogen) atoms. The van der Waals surface area contributed by atoms with Gasteiger partial charge < -0.3 is 83.9 Å². The predicted molar refractivity (Wildman–Crippen MR) is 460 cm³/mol. The van der Waals surface area contributed by atoms with Gasteiger partial charge in [-0.2, -0.15) is 0 Å². The summed E-state index contributed by atoms with van der Waals surface area (Å²) in [7, 11) is 2.94. The number of hydrogen-bond donors (Lipinski definition) is 7. The molecule has 8 N–H and O–H groups in total. The SMILES string of the molecule is COC(=O)CCCC(=O)N1CCc2c([nH]c3ccccc23)C1c1ccccc1.COc1ccc(C2c3[nH]c4ccccc4c3CCN2C(=O)CCCC(=O)O)cc1Cl.Nc1ccccc1CCC(=O)N1CCc2c([nH]c3ccccc23)C1c1ccc2c(c1)OCO2.O=C(O)CCCC(=O)N1CCc2c([nH]c3ccccc23)C1c1ccc2c(c1)OCO2. The molecule has 0 saturated heterocycles. The fourth-order valence-corrected chi connectivity index (χ4v) is 18.2. The molecule has 0 saturated carbocycles. The number of carbonyl (C=O) groups excluding carboxylic acids is 5. The lowest BCUT2D eigenvalue weighted by atomic mass is 9.91. The molecule has 4 atom stereocenters. The van der Waals surface area contributed by atoms with Crippen molar-refractivity contribution in [2.45, 2.75) is 120 Å². The Morgan fingerprint density at radius 1 is 0.397 bits per heavy atom. The summed E-state index contributed by atoms with van der Waals surface area (Å²) in [5.74, 6) is 1.46. The van der Waals surface area contributed by atoms with Crippen LogP contribution in [0.25, 0.3) is 43.6 Å². The molecular weight excluding hydrogens is 1550 g/mol. The van der Waals surface area contributed by atoms with E-state index in [4.69, 9.17) is 51.2 Å². The Hall–Kier alpha value is -13.5.